The zero-order valence-electron chi connectivity index (χ0n) is 24.1. The highest BCUT2D eigenvalue weighted by molar-refractivity contribution is 5.95. The maximum Gasteiger partial charge on any atom is 0.321 e. The Balaban J connectivity index is 0.00000353. The van der Waals surface area contributed by atoms with Gasteiger partial charge in [-0.15, -0.1) is 0 Å². The lowest BCUT2D eigenvalue weighted by Crippen LogP contribution is -2.67. The van der Waals surface area contributed by atoms with Gasteiger partial charge in [-0.2, -0.15) is 14.0 Å². The van der Waals surface area contributed by atoms with E-state index in [-0.39, 0.29) is 57.4 Å². The van der Waals surface area contributed by atoms with Crippen LogP contribution in [0.4, 0.5) is 8.78 Å². The highest BCUT2D eigenvalue weighted by Crippen LogP contribution is 2.69. The molecule has 216 valence electrons. The fourth-order valence-corrected chi connectivity index (χ4v) is 9.72. The first-order valence-corrected chi connectivity index (χ1v) is 14.3. The van der Waals surface area contributed by atoms with Crippen LogP contribution in [0.15, 0.2) is 23.0 Å². The largest absolute Gasteiger partial charge is 0.511 e. The van der Waals surface area contributed by atoms with Crippen molar-refractivity contribution in [3.05, 3.63) is 23.0 Å². The fourth-order valence-electron chi connectivity index (χ4n) is 9.72. The number of hydrogen-bond acceptors (Lipinski definition) is 4. The van der Waals surface area contributed by atoms with Crippen LogP contribution in [0.5, 0.6) is 0 Å². The molecule has 3 fully saturated rings. The third kappa shape index (κ3) is 4.26. The molecule has 6 nitrogen and oxygen atoms in total. The number of aliphatic hydroxyl groups excluding tert-OH is 1. The van der Waals surface area contributed by atoms with Crippen LogP contribution in [-0.2, 0) is 9.59 Å². The molecule has 0 aliphatic heterocycles. The van der Waals surface area contributed by atoms with Crippen molar-refractivity contribution < 1.29 is 29.0 Å². The van der Waals surface area contributed by atoms with Gasteiger partial charge in [-0.1, -0.05) is 40.2 Å². The van der Waals surface area contributed by atoms with Gasteiger partial charge in [-0.05, 0) is 91.4 Å². The summed E-state index contributed by atoms with van der Waals surface area (Å²) in [5.74, 6) is -4.97. The number of carbonyl (C=O) groups is 2. The normalized spacial score (nSPS) is 42.9. The topological polar surface area (TPSA) is 122 Å². The predicted molar refractivity (Wildman–Crippen MR) is 144 cm³/mol. The Morgan fingerprint density at radius 2 is 1.72 bits per heavy atom. The number of rotatable bonds is 2. The third-order valence-electron chi connectivity index (χ3n) is 11.7. The number of ketones is 1. The summed E-state index contributed by atoms with van der Waals surface area (Å²) in [7, 11) is 0. The minimum absolute atomic E-state index is 0. The molecule has 4 N–H and O–H groups in total. The van der Waals surface area contributed by atoms with Gasteiger partial charge in [-0.3, -0.25) is 9.59 Å². The SMILES string of the molecule is CC1C(O)=C(C#N)CC2(C)C3=CC(=O)C4C5CC(C)(C)CCC5(NC(=O)C(C)(F)F)CCC4C3(C)CCC12.O. The van der Waals surface area contributed by atoms with Crippen LogP contribution in [0.3, 0.4) is 0 Å². The molecule has 0 aromatic carbocycles. The van der Waals surface area contributed by atoms with Crippen molar-refractivity contribution in [2.45, 2.75) is 104 Å². The van der Waals surface area contributed by atoms with E-state index in [9.17, 15) is 28.7 Å². The molecule has 0 heterocycles. The lowest BCUT2D eigenvalue weighted by molar-refractivity contribution is -0.155. The van der Waals surface area contributed by atoms with E-state index in [1.165, 1.54) is 0 Å². The summed E-state index contributed by atoms with van der Waals surface area (Å²) in [6, 6.07) is 2.22. The van der Waals surface area contributed by atoms with Crippen molar-refractivity contribution in [2.75, 3.05) is 0 Å². The number of alkyl halides is 2. The molecule has 0 aromatic heterocycles. The van der Waals surface area contributed by atoms with Gasteiger partial charge in [0.25, 0.3) is 5.91 Å². The molecular formula is C31H44F2N2O4. The summed E-state index contributed by atoms with van der Waals surface area (Å²) in [5, 5.41) is 23.3. The lowest BCUT2D eigenvalue weighted by Gasteiger charge is -2.65. The second-order valence-electron chi connectivity index (χ2n) is 14.5. The number of allylic oxidation sites excluding steroid dienone is 4. The van der Waals surface area contributed by atoms with E-state index in [1.807, 2.05) is 13.0 Å². The van der Waals surface area contributed by atoms with E-state index >= 15 is 0 Å². The number of nitrogens with one attached hydrogen (secondary N) is 1. The summed E-state index contributed by atoms with van der Waals surface area (Å²) in [6.45, 7) is 11.4. The summed E-state index contributed by atoms with van der Waals surface area (Å²) in [4.78, 5) is 26.7. The number of hydrogen-bond donors (Lipinski definition) is 2. The Morgan fingerprint density at radius 1 is 1.08 bits per heavy atom. The van der Waals surface area contributed by atoms with Crippen LogP contribution in [0.2, 0.25) is 0 Å². The van der Waals surface area contributed by atoms with E-state index in [2.05, 4.69) is 39.1 Å². The second kappa shape index (κ2) is 9.12. The van der Waals surface area contributed by atoms with Crippen molar-refractivity contribution in [3.63, 3.8) is 0 Å². The lowest BCUT2D eigenvalue weighted by atomic mass is 9.40. The van der Waals surface area contributed by atoms with Crippen LogP contribution in [0, 0.1) is 57.2 Å². The van der Waals surface area contributed by atoms with Crippen molar-refractivity contribution >= 4 is 11.7 Å². The van der Waals surface area contributed by atoms with E-state index in [1.54, 1.807) is 0 Å². The van der Waals surface area contributed by atoms with Crippen molar-refractivity contribution in [1.29, 1.82) is 5.26 Å². The van der Waals surface area contributed by atoms with Crippen LogP contribution in [-0.4, -0.2) is 33.7 Å². The molecule has 0 spiro atoms. The van der Waals surface area contributed by atoms with Crippen LogP contribution in [0.1, 0.15) is 92.9 Å². The number of fused-ring (bicyclic) bond motifs is 7. The first-order chi connectivity index (χ1) is 17.5. The minimum atomic E-state index is -3.47. The first-order valence-electron chi connectivity index (χ1n) is 14.3. The number of halogens is 2. The van der Waals surface area contributed by atoms with Gasteiger partial charge in [0.05, 0.1) is 11.6 Å². The van der Waals surface area contributed by atoms with E-state index in [0.29, 0.717) is 44.6 Å². The molecule has 1 amide bonds. The first kappa shape index (κ1) is 29.7. The molecule has 0 radical (unpaired) electrons. The van der Waals surface area contributed by atoms with Crippen LogP contribution >= 0.6 is 0 Å². The summed E-state index contributed by atoms with van der Waals surface area (Å²) in [6.07, 6.45) is 7.45. The fraction of sp³-hybridized carbons (Fsp3) is 0.774. The van der Waals surface area contributed by atoms with Gasteiger partial charge in [0.1, 0.15) is 5.76 Å². The Bertz CT molecular complexity index is 1180. The molecular weight excluding hydrogens is 502 g/mol. The van der Waals surface area contributed by atoms with Gasteiger partial charge in [0, 0.05) is 24.3 Å². The van der Waals surface area contributed by atoms with Gasteiger partial charge in [-0.25, -0.2) is 0 Å². The van der Waals surface area contributed by atoms with Crippen molar-refractivity contribution in [1.82, 2.24) is 5.32 Å². The quantitative estimate of drug-likeness (QED) is 0.452. The molecule has 3 saturated carbocycles. The highest BCUT2D eigenvalue weighted by atomic mass is 19.3. The molecule has 0 bridgehead atoms. The zero-order chi connectivity index (χ0) is 28.1. The maximum absolute atomic E-state index is 14.2. The molecule has 8 unspecified atom stereocenters. The minimum Gasteiger partial charge on any atom is -0.511 e. The van der Waals surface area contributed by atoms with E-state index in [4.69, 9.17) is 0 Å². The average Bonchev–Trinajstić information content (AvgIpc) is 2.82. The van der Waals surface area contributed by atoms with Gasteiger partial charge < -0.3 is 15.9 Å². The molecule has 8 heteroatoms. The van der Waals surface area contributed by atoms with E-state index in [0.717, 1.165) is 24.8 Å². The van der Waals surface area contributed by atoms with Gasteiger partial charge >= 0.3 is 5.92 Å². The Hall–Kier alpha value is -2.27. The van der Waals surface area contributed by atoms with Gasteiger partial charge in [0.15, 0.2) is 5.78 Å². The van der Waals surface area contributed by atoms with E-state index < -0.39 is 22.8 Å². The molecule has 5 aliphatic carbocycles. The number of nitriles is 1. The molecule has 0 aromatic rings. The summed E-state index contributed by atoms with van der Waals surface area (Å²) in [5.41, 5.74) is 0.00935. The average molecular weight is 547 g/mol. The maximum atomic E-state index is 14.2. The number of aliphatic hydroxyl groups is 1. The standard InChI is InChI=1S/C31H42F2N2O3.H2O/c1-17-19-7-9-28(4)20-8-10-31(35-26(38)30(6,32)33)12-11-27(2,3)15-21(31)24(20)22(36)13-23(28)29(19,5)14-18(16-34)25(17)37;/h13,17,19-21,24,37H,7-12,14-15H2,1-6H3,(H,35,38);1H2. The molecule has 0 saturated heterocycles. The van der Waals surface area contributed by atoms with Crippen LogP contribution < -0.4 is 5.32 Å². The number of amides is 1. The summed E-state index contributed by atoms with van der Waals surface area (Å²) >= 11 is 0. The monoisotopic (exact) mass is 546 g/mol. The second-order valence-corrected chi connectivity index (χ2v) is 14.5. The number of carbonyl (C=O) groups excluding carboxylic acids is 2. The van der Waals surface area contributed by atoms with Crippen LogP contribution in [0.25, 0.3) is 0 Å². The molecule has 5 rings (SSSR count). The molecule has 5 aliphatic rings. The number of nitrogens with zero attached hydrogens (tertiary/aromatic N) is 1. The van der Waals surface area contributed by atoms with Crippen molar-refractivity contribution in [2.24, 2.45) is 45.8 Å². The Labute approximate surface area is 230 Å². The highest BCUT2D eigenvalue weighted by Gasteiger charge is 2.65. The molecule has 8 atom stereocenters. The molecule has 39 heavy (non-hydrogen) atoms. The zero-order valence-corrected chi connectivity index (χ0v) is 24.1. The smallest absolute Gasteiger partial charge is 0.321 e. The predicted octanol–water partition coefficient (Wildman–Crippen LogP) is 5.83. The third-order valence-corrected chi connectivity index (χ3v) is 11.7. The van der Waals surface area contributed by atoms with Gasteiger partial charge in [0.2, 0.25) is 0 Å². The van der Waals surface area contributed by atoms with Crippen molar-refractivity contribution in [3.8, 4) is 6.07 Å². The Kier molecular flexibility index (Phi) is 6.95. The summed E-state index contributed by atoms with van der Waals surface area (Å²) < 4.78 is 28.1. The Morgan fingerprint density at radius 3 is 2.33 bits per heavy atom.